The van der Waals surface area contributed by atoms with Gasteiger partial charge < -0.3 is 5.11 Å². The zero-order chi connectivity index (χ0) is 23.9. The van der Waals surface area contributed by atoms with Gasteiger partial charge in [0.15, 0.2) is 11.9 Å². The molecule has 0 saturated heterocycles. The van der Waals surface area contributed by atoms with E-state index in [-0.39, 0.29) is 32.6 Å². The topological polar surface area (TPSA) is 68.0 Å². The van der Waals surface area contributed by atoms with Gasteiger partial charge in [0.05, 0.1) is 16.3 Å². The molecular formula is C22H14Cl2F3N3O2S. The highest BCUT2D eigenvalue weighted by molar-refractivity contribution is 7.98. The lowest BCUT2D eigenvalue weighted by molar-refractivity contribution is -0.141. The molecule has 0 spiro atoms. The maximum atomic E-state index is 13.5. The Morgan fingerprint density at radius 1 is 1.18 bits per heavy atom. The van der Waals surface area contributed by atoms with Gasteiger partial charge in [0.2, 0.25) is 0 Å². The van der Waals surface area contributed by atoms with Gasteiger partial charge >= 0.3 is 6.18 Å². The lowest BCUT2D eigenvalue weighted by atomic mass is 10.1. The van der Waals surface area contributed by atoms with Crippen molar-refractivity contribution >= 4 is 52.5 Å². The largest absolute Gasteiger partial charge is 0.433 e. The first kappa shape index (κ1) is 23.6. The number of hydrogen-bond acceptors (Lipinski definition) is 5. The molecule has 0 aliphatic heterocycles. The fourth-order valence-corrected chi connectivity index (χ4v) is 4.86. The fourth-order valence-electron chi connectivity index (χ4n) is 3.31. The van der Waals surface area contributed by atoms with Crippen molar-refractivity contribution in [1.29, 1.82) is 0 Å². The molecule has 0 amide bonds. The van der Waals surface area contributed by atoms with Crippen molar-refractivity contribution in [2.75, 3.05) is 0 Å². The second-order valence-corrected chi connectivity index (χ2v) is 8.83. The van der Waals surface area contributed by atoms with E-state index in [1.54, 1.807) is 30.3 Å². The van der Waals surface area contributed by atoms with E-state index in [9.17, 15) is 23.1 Å². The highest BCUT2D eigenvalue weighted by atomic mass is 35.5. The van der Waals surface area contributed by atoms with Crippen LogP contribution >= 0.6 is 35.1 Å². The summed E-state index contributed by atoms with van der Waals surface area (Å²) in [6.45, 7) is 1.53. The summed E-state index contributed by atoms with van der Waals surface area (Å²) >= 11 is 13.5. The Labute approximate surface area is 200 Å². The molecule has 0 aliphatic rings. The Hall–Kier alpha value is -2.59. The summed E-state index contributed by atoms with van der Waals surface area (Å²) in [6, 6.07) is 11.4. The number of halogens is 5. The normalized spacial score (nSPS) is 12.8. The number of hydrogen-bond donors (Lipinski definition) is 1. The molecule has 4 rings (SSSR count). The van der Waals surface area contributed by atoms with Gasteiger partial charge in [0.25, 0.3) is 0 Å². The monoisotopic (exact) mass is 511 g/mol. The molecule has 0 saturated carbocycles. The summed E-state index contributed by atoms with van der Waals surface area (Å²) in [7, 11) is 0. The number of carbonyl (C=O) groups excluding carboxylic acids is 1. The predicted molar refractivity (Wildman–Crippen MR) is 121 cm³/mol. The van der Waals surface area contributed by atoms with Gasteiger partial charge in [-0.1, -0.05) is 41.4 Å². The third-order valence-corrected chi connectivity index (χ3v) is 6.68. The summed E-state index contributed by atoms with van der Waals surface area (Å²) in [5, 5.41) is 11.4. The van der Waals surface area contributed by atoms with E-state index in [0.29, 0.717) is 22.1 Å². The summed E-state index contributed by atoms with van der Waals surface area (Å²) in [4.78, 5) is 19.7. The van der Waals surface area contributed by atoms with Gasteiger partial charge in [-0.25, -0.2) is 9.97 Å². The van der Waals surface area contributed by atoms with Gasteiger partial charge in [-0.05, 0) is 48.7 Å². The number of benzene rings is 1. The molecular weight excluding hydrogens is 498 g/mol. The number of fused-ring (bicyclic) bond motifs is 1. The minimum atomic E-state index is -4.65. The molecule has 4 aromatic rings. The lowest BCUT2D eigenvalue weighted by Crippen LogP contribution is -2.10. The Kier molecular flexibility index (Phi) is 6.41. The quantitative estimate of drug-likeness (QED) is 0.244. The number of aryl methyl sites for hydroxylation is 1. The minimum absolute atomic E-state index is 0.0111. The van der Waals surface area contributed by atoms with Crippen molar-refractivity contribution in [1.82, 2.24) is 13.9 Å². The van der Waals surface area contributed by atoms with Crippen LogP contribution in [0.5, 0.6) is 0 Å². The van der Waals surface area contributed by atoms with Crippen LogP contribution in [0.25, 0.3) is 11.0 Å². The molecule has 5 nitrogen and oxygen atoms in total. The number of aliphatic hydroxyl groups is 1. The maximum Gasteiger partial charge on any atom is 0.433 e. The number of aromatic nitrogens is 3. The lowest BCUT2D eigenvalue weighted by Gasteiger charge is -2.17. The van der Waals surface area contributed by atoms with Gasteiger partial charge in [-0.2, -0.15) is 13.2 Å². The standard InChI is InChI=1S/C22H14Cl2F3N3O2S/c1-11-7-16(22(25,26)27)29-21-14(11)8-15(30(21)33-13-5-3-2-4-6-13)19(32)17-18(23)12(10-31)9-28-20(17)24/h2-10,19,32H,1H3. The maximum absolute atomic E-state index is 13.5. The van der Waals surface area contributed by atoms with Crippen LogP contribution in [0.15, 0.2) is 53.6 Å². The third-order valence-electron chi connectivity index (χ3n) is 4.90. The first-order valence-electron chi connectivity index (χ1n) is 9.42. The molecule has 0 bridgehead atoms. The Morgan fingerprint density at radius 3 is 2.52 bits per heavy atom. The van der Waals surface area contributed by atoms with E-state index in [2.05, 4.69) is 9.97 Å². The van der Waals surface area contributed by atoms with Crippen molar-refractivity contribution in [2.45, 2.75) is 24.1 Å². The van der Waals surface area contributed by atoms with Crippen LogP contribution in [0.4, 0.5) is 13.2 Å². The molecule has 0 aliphatic carbocycles. The molecule has 3 heterocycles. The van der Waals surface area contributed by atoms with Gasteiger partial charge in [0.1, 0.15) is 17.0 Å². The minimum Gasteiger partial charge on any atom is -0.382 e. The summed E-state index contributed by atoms with van der Waals surface area (Å²) in [5.41, 5.74) is -0.566. The molecule has 170 valence electrons. The van der Waals surface area contributed by atoms with Gasteiger partial charge in [-0.15, -0.1) is 0 Å². The zero-order valence-corrected chi connectivity index (χ0v) is 19.1. The average molecular weight is 512 g/mol. The second-order valence-electron chi connectivity index (χ2n) is 7.08. The van der Waals surface area contributed by atoms with Crippen molar-refractivity contribution in [2.24, 2.45) is 0 Å². The molecule has 1 N–H and O–H groups in total. The summed E-state index contributed by atoms with van der Waals surface area (Å²) in [5.74, 6) is 0. The fraction of sp³-hybridized carbons (Fsp3) is 0.136. The van der Waals surface area contributed by atoms with E-state index < -0.39 is 18.0 Å². The average Bonchev–Trinajstić information content (AvgIpc) is 3.13. The number of alkyl halides is 3. The summed E-state index contributed by atoms with van der Waals surface area (Å²) in [6.07, 6.45) is -4.52. The van der Waals surface area contributed by atoms with Crippen LogP contribution < -0.4 is 0 Å². The molecule has 0 radical (unpaired) electrons. The molecule has 0 fully saturated rings. The van der Waals surface area contributed by atoms with Crippen LogP contribution in [0.3, 0.4) is 0 Å². The smallest absolute Gasteiger partial charge is 0.382 e. The number of rotatable bonds is 5. The number of carbonyl (C=O) groups is 1. The van der Waals surface area contributed by atoms with Crippen LogP contribution in [0, 0.1) is 6.92 Å². The highest BCUT2D eigenvalue weighted by Crippen LogP contribution is 2.41. The number of aldehydes is 1. The van der Waals surface area contributed by atoms with Crippen LogP contribution in [0.1, 0.15) is 39.0 Å². The highest BCUT2D eigenvalue weighted by Gasteiger charge is 2.34. The van der Waals surface area contributed by atoms with Crippen LogP contribution in [-0.2, 0) is 6.18 Å². The first-order valence-corrected chi connectivity index (χ1v) is 11.0. The van der Waals surface area contributed by atoms with E-state index >= 15 is 0 Å². The van der Waals surface area contributed by atoms with E-state index in [0.717, 1.165) is 18.0 Å². The zero-order valence-electron chi connectivity index (χ0n) is 16.8. The number of aliphatic hydroxyl groups excluding tert-OH is 1. The van der Waals surface area contributed by atoms with Crippen molar-refractivity contribution in [3.8, 4) is 0 Å². The van der Waals surface area contributed by atoms with Crippen molar-refractivity contribution in [3.63, 3.8) is 0 Å². The van der Waals surface area contributed by atoms with Gasteiger partial charge in [0, 0.05) is 22.0 Å². The predicted octanol–water partition coefficient (Wildman–Crippen LogP) is 6.51. The first-order chi connectivity index (χ1) is 15.6. The second kappa shape index (κ2) is 8.98. The Balaban J connectivity index is 1.99. The summed E-state index contributed by atoms with van der Waals surface area (Å²) < 4.78 is 41.8. The SMILES string of the molecule is Cc1cc(C(F)(F)F)nc2c1cc(C(O)c1c(Cl)ncc(C=O)c1Cl)n2Sc1ccccc1. The number of nitrogens with zero attached hydrogens (tertiary/aromatic N) is 3. The van der Waals surface area contributed by atoms with E-state index in [4.69, 9.17) is 23.2 Å². The van der Waals surface area contributed by atoms with Crippen molar-refractivity contribution < 1.29 is 23.1 Å². The Bertz CT molecular complexity index is 1360. The molecule has 1 aromatic carbocycles. The van der Waals surface area contributed by atoms with Crippen molar-refractivity contribution in [3.05, 3.63) is 86.9 Å². The number of pyridine rings is 2. The molecule has 1 atom stereocenters. The van der Waals surface area contributed by atoms with Crippen LogP contribution in [0.2, 0.25) is 10.2 Å². The molecule has 3 aromatic heterocycles. The molecule has 11 heteroatoms. The third kappa shape index (κ3) is 4.46. The van der Waals surface area contributed by atoms with E-state index in [1.807, 2.05) is 0 Å². The van der Waals surface area contributed by atoms with Gasteiger partial charge in [-0.3, -0.25) is 8.77 Å². The van der Waals surface area contributed by atoms with Crippen LogP contribution in [-0.4, -0.2) is 25.3 Å². The van der Waals surface area contributed by atoms with E-state index in [1.165, 1.54) is 23.2 Å². The molecule has 1 unspecified atom stereocenters. The Morgan fingerprint density at radius 2 is 1.88 bits per heavy atom. The molecule has 33 heavy (non-hydrogen) atoms.